The summed E-state index contributed by atoms with van der Waals surface area (Å²) in [5.41, 5.74) is -0.606. The number of carbonyl (C=O) groups excluding carboxylic acids is 1. The predicted octanol–water partition coefficient (Wildman–Crippen LogP) is 2.10. The number of ether oxygens (including phenoxy) is 3. The molecular weight excluding hydrogens is 248 g/mol. The van der Waals surface area contributed by atoms with E-state index in [9.17, 15) is 13.6 Å². The molecule has 1 aromatic carbocycles. The van der Waals surface area contributed by atoms with Crippen LogP contribution in [0.1, 0.15) is 5.56 Å². The molecule has 0 atom stereocenters. The Kier molecular flexibility index (Phi) is 4.23. The van der Waals surface area contributed by atoms with Crippen LogP contribution in [0.3, 0.4) is 0 Å². The van der Waals surface area contributed by atoms with Gasteiger partial charge in [0.1, 0.15) is 5.75 Å². The quantitative estimate of drug-likeness (QED) is 0.461. The fourth-order valence-corrected chi connectivity index (χ4v) is 1.38. The zero-order valence-corrected chi connectivity index (χ0v) is 9.99. The van der Waals surface area contributed by atoms with Crippen LogP contribution < -0.4 is 14.2 Å². The van der Waals surface area contributed by atoms with Crippen molar-refractivity contribution < 1.29 is 27.8 Å². The maximum atomic E-state index is 13.6. The number of hydrogen-bond acceptors (Lipinski definition) is 5. The third-order valence-corrected chi connectivity index (χ3v) is 2.22. The molecule has 5 nitrogen and oxygen atoms in total. The van der Waals surface area contributed by atoms with Crippen LogP contribution in [-0.2, 0) is 10.8 Å². The van der Waals surface area contributed by atoms with E-state index in [4.69, 9.17) is 14.2 Å². The Hall–Kier alpha value is -2.14. The van der Waals surface area contributed by atoms with Crippen molar-refractivity contribution in [1.29, 1.82) is 0 Å². The highest BCUT2D eigenvalue weighted by Crippen LogP contribution is 2.42. The van der Waals surface area contributed by atoms with Crippen molar-refractivity contribution in [3.05, 3.63) is 17.7 Å². The van der Waals surface area contributed by atoms with Crippen molar-refractivity contribution in [2.75, 3.05) is 21.3 Å². The minimum Gasteiger partial charge on any atom is -0.496 e. The van der Waals surface area contributed by atoms with E-state index in [-0.39, 0.29) is 17.2 Å². The van der Waals surface area contributed by atoms with Crippen LogP contribution in [0.5, 0.6) is 17.2 Å². The summed E-state index contributed by atoms with van der Waals surface area (Å²) in [7, 11) is 3.87. The van der Waals surface area contributed by atoms with Crippen molar-refractivity contribution in [3.8, 4) is 17.2 Å². The molecule has 98 valence electrons. The molecule has 0 amide bonds. The molecule has 0 saturated carbocycles. The normalized spacial score (nSPS) is 10.5. The third kappa shape index (κ3) is 2.57. The largest absolute Gasteiger partial charge is 0.496 e. The van der Waals surface area contributed by atoms with Gasteiger partial charge >= 0.3 is 6.05 Å². The van der Waals surface area contributed by atoms with Gasteiger partial charge in [0.25, 0.3) is 0 Å². The van der Waals surface area contributed by atoms with Crippen LogP contribution in [-0.4, -0.2) is 27.4 Å². The maximum Gasteiger partial charge on any atom is 0.382 e. The van der Waals surface area contributed by atoms with Crippen molar-refractivity contribution in [2.45, 2.75) is 6.05 Å². The monoisotopic (exact) mass is 259 g/mol. The van der Waals surface area contributed by atoms with Crippen LogP contribution >= 0.6 is 0 Å². The summed E-state index contributed by atoms with van der Waals surface area (Å²) in [6, 6.07) is -1.52. The molecule has 1 rings (SSSR count). The van der Waals surface area contributed by atoms with Gasteiger partial charge in [0.2, 0.25) is 6.08 Å². The first-order valence-electron chi connectivity index (χ1n) is 4.77. The first-order chi connectivity index (χ1) is 8.50. The molecule has 0 heterocycles. The molecule has 0 aliphatic carbocycles. The van der Waals surface area contributed by atoms with Gasteiger partial charge in [-0.1, -0.05) is 0 Å². The Morgan fingerprint density at radius 3 is 2.00 bits per heavy atom. The van der Waals surface area contributed by atoms with E-state index in [0.29, 0.717) is 0 Å². The number of alkyl halides is 2. The van der Waals surface area contributed by atoms with Crippen molar-refractivity contribution >= 4 is 6.08 Å². The number of benzene rings is 1. The van der Waals surface area contributed by atoms with Crippen LogP contribution in [0.4, 0.5) is 8.78 Å². The van der Waals surface area contributed by atoms with Crippen molar-refractivity contribution in [3.63, 3.8) is 0 Å². The molecule has 0 N–H and O–H groups in total. The second-order valence-electron chi connectivity index (χ2n) is 3.15. The average molecular weight is 259 g/mol. The van der Waals surface area contributed by atoms with Gasteiger partial charge in [-0.25, -0.2) is 4.79 Å². The summed E-state index contributed by atoms with van der Waals surface area (Å²) in [5.74, 6) is 0.134. The number of methoxy groups -OCH3 is 3. The van der Waals surface area contributed by atoms with Crippen molar-refractivity contribution in [2.24, 2.45) is 4.99 Å². The van der Waals surface area contributed by atoms with Crippen LogP contribution in [0.25, 0.3) is 0 Å². The van der Waals surface area contributed by atoms with Gasteiger partial charge in [0.05, 0.1) is 26.9 Å². The van der Waals surface area contributed by atoms with Gasteiger partial charge < -0.3 is 14.2 Å². The minimum atomic E-state index is -3.74. The van der Waals surface area contributed by atoms with Gasteiger partial charge in [0.15, 0.2) is 11.5 Å². The summed E-state index contributed by atoms with van der Waals surface area (Å²) in [6.45, 7) is 0. The molecule has 0 aromatic heterocycles. The lowest BCUT2D eigenvalue weighted by Crippen LogP contribution is -2.12. The summed E-state index contributed by atoms with van der Waals surface area (Å²) < 4.78 is 41.8. The Bertz CT molecular complexity index is 484. The molecule has 0 saturated heterocycles. The van der Waals surface area contributed by atoms with E-state index in [1.807, 2.05) is 0 Å². The third-order valence-electron chi connectivity index (χ3n) is 2.22. The van der Waals surface area contributed by atoms with Gasteiger partial charge in [-0.15, -0.1) is 4.99 Å². The highest BCUT2D eigenvalue weighted by molar-refractivity contribution is 5.52. The smallest absolute Gasteiger partial charge is 0.382 e. The number of aliphatic imine (C=N–C) groups is 1. The average Bonchev–Trinajstić information content (AvgIpc) is 2.36. The summed E-state index contributed by atoms with van der Waals surface area (Å²) in [5, 5.41) is 0. The van der Waals surface area contributed by atoms with Crippen molar-refractivity contribution in [1.82, 2.24) is 0 Å². The fourth-order valence-electron chi connectivity index (χ4n) is 1.38. The lowest BCUT2D eigenvalue weighted by Gasteiger charge is -2.17. The summed E-state index contributed by atoms with van der Waals surface area (Å²) >= 11 is 0. The molecule has 0 radical (unpaired) electrons. The fraction of sp³-hybridized carbons (Fsp3) is 0.364. The van der Waals surface area contributed by atoms with Gasteiger partial charge in [-0.2, -0.15) is 8.78 Å². The van der Waals surface area contributed by atoms with Crippen LogP contribution in [0.15, 0.2) is 17.1 Å². The highest BCUT2D eigenvalue weighted by atomic mass is 19.3. The molecule has 0 aliphatic rings. The second-order valence-corrected chi connectivity index (χ2v) is 3.15. The van der Waals surface area contributed by atoms with E-state index >= 15 is 0 Å². The Labute approximate surface area is 102 Å². The zero-order valence-electron chi connectivity index (χ0n) is 9.99. The molecular formula is C11H11F2NO4. The first-order valence-corrected chi connectivity index (χ1v) is 4.77. The number of rotatable bonds is 5. The number of isocyanates is 1. The number of hydrogen-bond donors (Lipinski definition) is 0. The summed E-state index contributed by atoms with van der Waals surface area (Å²) in [6.07, 6.45) is 0.821. The van der Waals surface area contributed by atoms with E-state index in [1.54, 1.807) is 0 Å². The van der Waals surface area contributed by atoms with E-state index in [1.165, 1.54) is 27.4 Å². The SMILES string of the molecule is COc1cc(OC)c(C(F)(F)N=C=O)cc1OC. The summed E-state index contributed by atoms with van der Waals surface area (Å²) in [4.78, 5) is 12.5. The molecule has 18 heavy (non-hydrogen) atoms. The lowest BCUT2D eigenvalue weighted by molar-refractivity contribution is 0.00363. The Morgan fingerprint density at radius 1 is 1.06 bits per heavy atom. The second kappa shape index (κ2) is 5.46. The lowest BCUT2D eigenvalue weighted by atomic mass is 10.1. The number of nitrogens with zero attached hydrogens (tertiary/aromatic N) is 1. The topological polar surface area (TPSA) is 57.1 Å². The van der Waals surface area contributed by atoms with Gasteiger partial charge in [-0.3, -0.25) is 0 Å². The van der Waals surface area contributed by atoms with Crippen LogP contribution in [0.2, 0.25) is 0 Å². The van der Waals surface area contributed by atoms with Gasteiger partial charge in [-0.05, 0) is 6.07 Å². The minimum absolute atomic E-state index is 0.0778. The van der Waals surface area contributed by atoms with E-state index in [0.717, 1.165) is 12.1 Å². The highest BCUT2D eigenvalue weighted by Gasteiger charge is 2.36. The standard InChI is InChI=1S/C11H11F2NO4/c1-16-8-5-10(18-3)9(17-2)4-7(8)11(12,13)14-6-15/h4-5H,1-3H3. The molecule has 0 aliphatic heterocycles. The Morgan fingerprint density at radius 2 is 1.56 bits per heavy atom. The first kappa shape index (κ1) is 13.9. The molecule has 1 aromatic rings. The number of halogens is 2. The van der Waals surface area contributed by atoms with E-state index in [2.05, 4.69) is 4.99 Å². The van der Waals surface area contributed by atoms with Crippen LogP contribution in [0, 0.1) is 0 Å². The molecule has 0 bridgehead atoms. The molecule has 0 fully saturated rings. The Balaban J connectivity index is 3.47. The molecule has 7 heteroatoms. The molecule has 0 spiro atoms. The van der Waals surface area contributed by atoms with E-state index < -0.39 is 11.6 Å². The predicted molar refractivity (Wildman–Crippen MR) is 58.1 cm³/mol. The maximum absolute atomic E-state index is 13.6. The zero-order chi connectivity index (χ0) is 13.8. The molecule has 0 unspecified atom stereocenters. The van der Waals surface area contributed by atoms with Gasteiger partial charge in [0, 0.05) is 6.07 Å².